The summed E-state index contributed by atoms with van der Waals surface area (Å²) in [6, 6.07) is 2.32. The number of ether oxygens (including phenoxy) is 1. The molecule has 1 unspecified atom stereocenters. The molecule has 0 saturated heterocycles. The smallest absolute Gasteiger partial charge is 0.336 e. The van der Waals surface area contributed by atoms with Crippen LogP contribution in [0.25, 0.3) is 0 Å². The third kappa shape index (κ3) is 2.22. The second-order valence-corrected chi connectivity index (χ2v) is 2.78. The van der Waals surface area contributed by atoms with E-state index >= 15 is 0 Å². The quantitative estimate of drug-likeness (QED) is 0.731. The number of aromatic hydroxyl groups is 1. The van der Waals surface area contributed by atoms with Crippen molar-refractivity contribution in [1.29, 1.82) is 0 Å². The van der Waals surface area contributed by atoms with Crippen molar-refractivity contribution in [1.82, 2.24) is 0 Å². The number of nitroso groups, excluding NO2 is 1. The highest BCUT2D eigenvalue weighted by molar-refractivity contribution is 5.76. The lowest BCUT2D eigenvalue weighted by molar-refractivity contribution is -0.138. The number of aliphatic carboxylic acids is 1. The van der Waals surface area contributed by atoms with E-state index < -0.39 is 12.0 Å². The standard InChI is InChI=1S/C9H9NO5/c1-15-7-4-5(2-3-6(7)11)8(10-14)9(12)13/h2-4,8,11H,1H3,(H,12,13). The summed E-state index contributed by atoms with van der Waals surface area (Å²) >= 11 is 0. The molecule has 0 fully saturated rings. The van der Waals surface area contributed by atoms with Crippen LogP contribution < -0.4 is 4.74 Å². The Labute approximate surface area is 85.1 Å². The molecular formula is C9H9NO5. The summed E-state index contributed by atoms with van der Waals surface area (Å²) < 4.78 is 4.77. The van der Waals surface area contributed by atoms with Gasteiger partial charge in [0, 0.05) is 0 Å². The lowest BCUT2D eigenvalue weighted by Crippen LogP contribution is -2.08. The molecule has 0 amide bonds. The van der Waals surface area contributed by atoms with Gasteiger partial charge in [0.25, 0.3) is 0 Å². The van der Waals surface area contributed by atoms with Crippen molar-refractivity contribution in [2.24, 2.45) is 5.18 Å². The summed E-state index contributed by atoms with van der Waals surface area (Å²) in [5, 5.41) is 20.4. The highest BCUT2D eigenvalue weighted by Crippen LogP contribution is 2.30. The molecule has 1 atom stereocenters. The Hall–Kier alpha value is -2.11. The molecule has 6 heteroatoms. The topological polar surface area (TPSA) is 96.2 Å². The van der Waals surface area contributed by atoms with E-state index in [1.165, 1.54) is 25.3 Å². The molecule has 1 rings (SSSR count). The summed E-state index contributed by atoms with van der Waals surface area (Å²) in [6.45, 7) is 0. The van der Waals surface area contributed by atoms with Gasteiger partial charge in [0.05, 0.1) is 7.11 Å². The van der Waals surface area contributed by atoms with E-state index in [-0.39, 0.29) is 17.1 Å². The summed E-state index contributed by atoms with van der Waals surface area (Å²) in [4.78, 5) is 20.9. The Morgan fingerprint density at radius 3 is 2.67 bits per heavy atom. The van der Waals surface area contributed by atoms with Gasteiger partial charge in [0.2, 0.25) is 6.04 Å². The maximum absolute atomic E-state index is 10.6. The van der Waals surface area contributed by atoms with E-state index in [9.17, 15) is 14.8 Å². The van der Waals surface area contributed by atoms with E-state index in [2.05, 4.69) is 5.18 Å². The normalized spacial score (nSPS) is 11.8. The molecule has 0 radical (unpaired) electrons. The first-order valence-corrected chi connectivity index (χ1v) is 4.02. The summed E-state index contributed by atoms with van der Waals surface area (Å²) in [5.74, 6) is -1.38. The molecule has 6 nitrogen and oxygen atoms in total. The van der Waals surface area contributed by atoms with E-state index in [1.54, 1.807) is 0 Å². The minimum absolute atomic E-state index is 0.0994. The van der Waals surface area contributed by atoms with Gasteiger partial charge in [-0.05, 0) is 22.9 Å². The molecule has 0 aliphatic carbocycles. The van der Waals surface area contributed by atoms with Crippen LogP contribution >= 0.6 is 0 Å². The predicted octanol–water partition coefficient (Wildman–Crippen LogP) is 1.29. The lowest BCUT2D eigenvalue weighted by Gasteiger charge is -2.07. The Morgan fingerprint density at radius 1 is 1.53 bits per heavy atom. The van der Waals surface area contributed by atoms with Crippen LogP contribution in [0.3, 0.4) is 0 Å². The number of hydrogen-bond acceptors (Lipinski definition) is 5. The molecule has 80 valence electrons. The van der Waals surface area contributed by atoms with Crippen LogP contribution in [0, 0.1) is 4.91 Å². The predicted molar refractivity (Wildman–Crippen MR) is 50.8 cm³/mol. The molecule has 0 saturated carbocycles. The second kappa shape index (κ2) is 4.41. The third-order valence-electron chi connectivity index (χ3n) is 1.86. The van der Waals surface area contributed by atoms with Crippen molar-refractivity contribution in [3.8, 4) is 11.5 Å². The van der Waals surface area contributed by atoms with Gasteiger partial charge in [-0.2, -0.15) is 0 Å². The number of hydrogen-bond donors (Lipinski definition) is 2. The van der Waals surface area contributed by atoms with Crippen LogP contribution in [0.5, 0.6) is 11.5 Å². The van der Waals surface area contributed by atoms with E-state index in [1.807, 2.05) is 0 Å². The molecule has 1 aromatic rings. The van der Waals surface area contributed by atoms with Crippen LogP contribution in [-0.4, -0.2) is 23.3 Å². The molecule has 0 heterocycles. The van der Waals surface area contributed by atoms with Gasteiger partial charge in [-0.1, -0.05) is 6.07 Å². The van der Waals surface area contributed by atoms with Gasteiger partial charge >= 0.3 is 5.97 Å². The van der Waals surface area contributed by atoms with Gasteiger partial charge in [-0.3, -0.25) is 0 Å². The molecular weight excluding hydrogens is 202 g/mol. The fraction of sp³-hybridized carbons (Fsp3) is 0.222. The van der Waals surface area contributed by atoms with Crippen molar-refractivity contribution >= 4 is 5.97 Å². The number of phenolic OH excluding ortho intramolecular Hbond substituents is 1. The first-order valence-electron chi connectivity index (χ1n) is 4.02. The molecule has 2 N–H and O–H groups in total. The maximum atomic E-state index is 10.6. The highest BCUT2D eigenvalue weighted by Gasteiger charge is 2.21. The maximum Gasteiger partial charge on any atom is 0.336 e. The number of carboxylic acids is 1. The van der Waals surface area contributed by atoms with E-state index in [0.717, 1.165) is 0 Å². The fourth-order valence-electron chi connectivity index (χ4n) is 1.11. The average molecular weight is 211 g/mol. The first kappa shape index (κ1) is 11.0. The van der Waals surface area contributed by atoms with Crippen molar-refractivity contribution in [3.05, 3.63) is 28.7 Å². The minimum atomic E-state index is -1.49. The summed E-state index contributed by atoms with van der Waals surface area (Å²) in [7, 11) is 1.32. The third-order valence-corrected chi connectivity index (χ3v) is 1.86. The number of carbonyl (C=O) groups is 1. The molecule has 15 heavy (non-hydrogen) atoms. The van der Waals surface area contributed by atoms with Crippen molar-refractivity contribution < 1.29 is 19.7 Å². The Balaban J connectivity index is 3.14. The zero-order valence-corrected chi connectivity index (χ0v) is 7.88. The van der Waals surface area contributed by atoms with Crippen molar-refractivity contribution in [2.75, 3.05) is 7.11 Å². The summed E-state index contributed by atoms with van der Waals surface area (Å²) in [5.41, 5.74) is 0.159. The number of rotatable bonds is 4. The number of benzene rings is 1. The summed E-state index contributed by atoms with van der Waals surface area (Å²) in [6.07, 6.45) is 0. The molecule has 0 aliphatic heterocycles. The molecule has 0 aromatic heterocycles. The van der Waals surface area contributed by atoms with Gasteiger partial charge in [0.15, 0.2) is 11.5 Å². The van der Waals surface area contributed by atoms with Crippen LogP contribution in [0.4, 0.5) is 0 Å². The van der Waals surface area contributed by atoms with Crippen LogP contribution in [0.2, 0.25) is 0 Å². The average Bonchev–Trinajstić information content (AvgIpc) is 2.21. The highest BCUT2D eigenvalue weighted by atomic mass is 16.5. The van der Waals surface area contributed by atoms with E-state index in [4.69, 9.17) is 9.84 Å². The van der Waals surface area contributed by atoms with Crippen LogP contribution in [0.1, 0.15) is 11.6 Å². The zero-order valence-electron chi connectivity index (χ0n) is 7.88. The Morgan fingerprint density at radius 2 is 2.20 bits per heavy atom. The van der Waals surface area contributed by atoms with Gasteiger partial charge in [0.1, 0.15) is 0 Å². The number of methoxy groups -OCH3 is 1. The second-order valence-electron chi connectivity index (χ2n) is 2.78. The fourth-order valence-corrected chi connectivity index (χ4v) is 1.11. The molecule has 0 aliphatic rings. The minimum Gasteiger partial charge on any atom is -0.504 e. The van der Waals surface area contributed by atoms with Crippen molar-refractivity contribution in [2.45, 2.75) is 6.04 Å². The van der Waals surface area contributed by atoms with Crippen LogP contribution in [-0.2, 0) is 4.79 Å². The Kier molecular flexibility index (Phi) is 3.22. The molecule has 0 bridgehead atoms. The van der Waals surface area contributed by atoms with E-state index in [0.29, 0.717) is 0 Å². The monoisotopic (exact) mass is 211 g/mol. The Bertz CT molecular complexity index is 390. The number of phenols is 1. The van der Waals surface area contributed by atoms with Gasteiger partial charge < -0.3 is 14.9 Å². The van der Waals surface area contributed by atoms with Gasteiger partial charge in [-0.15, -0.1) is 4.91 Å². The van der Waals surface area contributed by atoms with Gasteiger partial charge in [-0.25, -0.2) is 4.79 Å². The van der Waals surface area contributed by atoms with Crippen molar-refractivity contribution in [3.63, 3.8) is 0 Å². The largest absolute Gasteiger partial charge is 0.504 e. The first-order chi connectivity index (χ1) is 7.10. The molecule has 0 spiro atoms. The number of carboxylic acid groups (broad SMARTS) is 1. The zero-order chi connectivity index (χ0) is 11.4. The SMILES string of the molecule is COc1cc(C(N=O)C(=O)O)ccc1O. The lowest BCUT2D eigenvalue weighted by atomic mass is 10.1. The molecule has 1 aromatic carbocycles. The number of nitrogens with zero attached hydrogens (tertiary/aromatic N) is 1. The van der Waals surface area contributed by atoms with Crippen LogP contribution in [0.15, 0.2) is 23.4 Å².